The molecule has 0 saturated heterocycles. The standard InChI is InChI=1S/C18H24N2O2/c1-18(2,3)22-17(21)20-10-8-13(9-11-20)15-6-7-16(19-12-15)14-4-5-14/h6-8,12,14H,4-5,9-11H2,1-3H3. The van der Waals surface area contributed by atoms with Gasteiger partial charge < -0.3 is 9.64 Å². The number of nitrogens with zero attached hydrogens (tertiary/aromatic N) is 2. The van der Waals surface area contributed by atoms with Crippen molar-refractivity contribution >= 4 is 11.7 Å². The summed E-state index contributed by atoms with van der Waals surface area (Å²) in [6, 6.07) is 4.31. The van der Waals surface area contributed by atoms with Crippen LogP contribution in [0.4, 0.5) is 4.79 Å². The van der Waals surface area contributed by atoms with E-state index in [2.05, 4.69) is 23.2 Å². The molecule has 1 saturated carbocycles. The summed E-state index contributed by atoms with van der Waals surface area (Å²) in [6.07, 6.45) is 7.26. The molecular weight excluding hydrogens is 276 g/mol. The van der Waals surface area contributed by atoms with Gasteiger partial charge in [-0.1, -0.05) is 12.1 Å². The molecule has 118 valence electrons. The highest BCUT2D eigenvalue weighted by Gasteiger charge is 2.26. The molecule has 22 heavy (non-hydrogen) atoms. The van der Waals surface area contributed by atoms with Crippen molar-refractivity contribution in [2.45, 2.75) is 51.6 Å². The van der Waals surface area contributed by atoms with Crippen LogP contribution in [0.3, 0.4) is 0 Å². The van der Waals surface area contributed by atoms with E-state index in [1.165, 1.54) is 29.7 Å². The van der Waals surface area contributed by atoms with Crippen LogP contribution in [-0.2, 0) is 4.74 Å². The second-order valence-corrected chi connectivity index (χ2v) is 7.15. The lowest BCUT2D eigenvalue weighted by Crippen LogP contribution is -2.39. The molecule has 0 radical (unpaired) electrons. The van der Waals surface area contributed by atoms with Crippen LogP contribution in [-0.4, -0.2) is 34.7 Å². The van der Waals surface area contributed by atoms with Gasteiger partial charge in [0.15, 0.2) is 0 Å². The topological polar surface area (TPSA) is 42.4 Å². The Balaban J connectivity index is 1.62. The van der Waals surface area contributed by atoms with Crippen molar-refractivity contribution in [3.05, 3.63) is 35.7 Å². The molecule has 0 atom stereocenters. The molecule has 1 aliphatic carbocycles. The van der Waals surface area contributed by atoms with Crippen molar-refractivity contribution in [1.82, 2.24) is 9.88 Å². The van der Waals surface area contributed by atoms with E-state index in [-0.39, 0.29) is 6.09 Å². The summed E-state index contributed by atoms with van der Waals surface area (Å²) >= 11 is 0. The highest BCUT2D eigenvalue weighted by molar-refractivity contribution is 5.72. The third-order valence-corrected chi connectivity index (χ3v) is 4.01. The number of carbonyl (C=O) groups is 1. The molecule has 4 heteroatoms. The Bertz CT molecular complexity index is 580. The Hall–Kier alpha value is -1.84. The van der Waals surface area contributed by atoms with Crippen LogP contribution < -0.4 is 0 Å². The predicted octanol–water partition coefficient (Wildman–Crippen LogP) is 3.98. The molecule has 3 rings (SSSR count). The quantitative estimate of drug-likeness (QED) is 0.829. The maximum Gasteiger partial charge on any atom is 0.410 e. The molecule has 0 spiro atoms. The first-order chi connectivity index (χ1) is 10.4. The molecule has 4 nitrogen and oxygen atoms in total. The Morgan fingerprint density at radius 2 is 2.09 bits per heavy atom. The minimum absolute atomic E-state index is 0.231. The molecule has 1 aliphatic heterocycles. The lowest BCUT2D eigenvalue weighted by Gasteiger charge is -2.29. The minimum Gasteiger partial charge on any atom is -0.444 e. The summed E-state index contributed by atoms with van der Waals surface area (Å²) in [5.74, 6) is 0.692. The molecule has 0 N–H and O–H groups in total. The third kappa shape index (κ3) is 3.67. The van der Waals surface area contributed by atoms with E-state index in [4.69, 9.17) is 4.74 Å². The van der Waals surface area contributed by atoms with E-state index in [1.807, 2.05) is 27.0 Å². The van der Waals surface area contributed by atoms with Gasteiger partial charge in [-0.05, 0) is 57.2 Å². The second-order valence-electron chi connectivity index (χ2n) is 7.15. The minimum atomic E-state index is -0.441. The number of aromatic nitrogens is 1. The van der Waals surface area contributed by atoms with Gasteiger partial charge in [0, 0.05) is 30.9 Å². The zero-order chi connectivity index (χ0) is 15.7. The first kappa shape index (κ1) is 15.1. The van der Waals surface area contributed by atoms with E-state index in [1.54, 1.807) is 4.90 Å². The van der Waals surface area contributed by atoms with Crippen molar-refractivity contribution < 1.29 is 9.53 Å². The number of carbonyl (C=O) groups excluding carboxylic acids is 1. The van der Waals surface area contributed by atoms with Gasteiger partial charge >= 0.3 is 6.09 Å². The van der Waals surface area contributed by atoms with Gasteiger partial charge in [-0.15, -0.1) is 0 Å². The monoisotopic (exact) mass is 300 g/mol. The summed E-state index contributed by atoms with van der Waals surface area (Å²) in [4.78, 5) is 18.4. The molecule has 1 amide bonds. The normalized spacial score (nSPS) is 18.9. The molecule has 1 aromatic rings. The summed E-state index contributed by atoms with van der Waals surface area (Å²) in [7, 11) is 0. The molecule has 0 unspecified atom stereocenters. The van der Waals surface area contributed by atoms with Crippen LogP contribution in [0.5, 0.6) is 0 Å². The lowest BCUT2D eigenvalue weighted by atomic mass is 10.0. The summed E-state index contributed by atoms with van der Waals surface area (Å²) in [6.45, 7) is 6.98. The Labute approximate surface area is 132 Å². The van der Waals surface area contributed by atoms with Crippen molar-refractivity contribution in [1.29, 1.82) is 0 Å². The van der Waals surface area contributed by atoms with Gasteiger partial charge in [0.05, 0.1) is 0 Å². The van der Waals surface area contributed by atoms with Gasteiger partial charge in [-0.2, -0.15) is 0 Å². The largest absolute Gasteiger partial charge is 0.444 e. The highest BCUT2D eigenvalue weighted by Crippen LogP contribution is 2.39. The van der Waals surface area contributed by atoms with Gasteiger partial charge in [-0.3, -0.25) is 4.98 Å². The zero-order valence-electron chi connectivity index (χ0n) is 13.6. The van der Waals surface area contributed by atoms with Crippen LogP contribution in [0.25, 0.3) is 5.57 Å². The average Bonchev–Trinajstić information content (AvgIpc) is 3.30. The van der Waals surface area contributed by atoms with Crippen LogP contribution >= 0.6 is 0 Å². The van der Waals surface area contributed by atoms with Crippen LogP contribution in [0.2, 0.25) is 0 Å². The van der Waals surface area contributed by atoms with Gasteiger partial charge in [0.25, 0.3) is 0 Å². The van der Waals surface area contributed by atoms with Crippen molar-refractivity contribution in [3.63, 3.8) is 0 Å². The molecule has 2 heterocycles. The molecule has 0 aromatic carbocycles. The van der Waals surface area contributed by atoms with Crippen LogP contribution in [0.15, 0.2) is 24.4 Å². The van der Waals surface area contributed by atoms with Gasteiger partial charge in [0.2, 0.25) is 0 Å². The fourth-order valence-electron chi connectivity index (χ4n) is 2.64. The summed E-state index contributed by atoms with van der Waals surface area (Å²) < 4.78 is 5.41. The number of pyridine rings is 1. The highest BCUT2D eigenvalue weighted by atomic mass is 16.6. The number of hydrogen-bond donors (Lipinski definition) is 0. The van der Waals surface area contributed by atoms with E-state index < -0.39 is 5.60 Å². The molecule has 1 fully saturated rings. The number of hydrogen-bond acceptors (Lipinski definition) is 3. The lowest BCUT2D eigenvalue weighted by molar-refractivity contribution is 0.0270. The number of rotatable bonds is 2. The molecule has 2 aliphatic rings. The second kappa shape index (κ2) is 5.75. The third-order valence-electron chi connectivity index (χ3n) is 4.01. The van der Waals surface area contributed by atoms with Crippen molar-refractivity contribution in [2.24, 2.45) is 0 Å². The SMILES string of the molecule is CC(C)(C)OC(=O)N1CC=C(c2ccc(C3CC3)nc2)CC1. The summed E-state index contributed by atoms with van der Waals surface area (Å²) in [5, 5.41) is 0. The smallest absolute Gasteiger partial charge is 0.410 e. The maximum atomic E-state index is 12.0. The molecule has 0 bridgehead atoms. The van der Waals surface area contributed by atoms with Crippen molar-refractivity contribution in [3.8, 4) is 0 Å². The number of amides is 1. The fraction of sp³-hybridized carbons (Fsp3) is 0.556. The predicted molar refractivity (Wildman–Crippen MR) is 86.6 cm³/mol. The Morgan fingerprint density at radius 1 is 1.32 bits per heavy atom. The molecule has 1 aromatic heterocycles. The van der Waals surface area contributed by atoms with Crippen LogP contribution in [0, 0.1) is 0 Å². The Morgan fingerprint density at radius 3 is 2.59 bits per heavy atom. The first-order valence-electron chi connectivity index (χ1n) is 8.06. The average molecular weight is 300 g/mol. The Kier molecular flexibility index (Phi) is 3.94. The maximum absolute atomic E-state index is 12.0. The van der Waals surface area contributed by atoms with E-state index in [0.29, 0.717) is 19.0 Å². The van der Waals surface area contributed by atoms with Crippen LogP contribution in [0.1, 0.15) is 57.2 Å². The van der Waals surface area contributed by atoms with Gasteiger partial charge in [0.1, 0.15) is 5.60 Å². The summed E-state index contributed by atoms with van der Waals surface area (Å²) in [5.41, 5.74) is 3.22. The van der Waals surface area contributed by atoms with Gasteiger partial charge in [-0.25, -0.2) is 4.79 Å². The van der Waals surface area contributed by atoms with Crippen molar-refractivity contribution in [2.75, 3.05) is 13.1 Å². The van der Waals surface area contributed by atoms with E-state index >= 15 is 0 Å². The zero-order valence-corrected chi connectivity index (χ0v) is 13.6. The molecular formula is C18H24N2O2. The fourth-order valence-corrected chi connectivity index (χ4v) is 2.64. The van der Waals surface area contributed by atoms with E-state index in [9.17, 15) is 4.79 Å². The first-order valence-corrected chi connectivity index (χ1v) is 8.06. The van der Waals surface area contributed by atoms with E-state index in [0.717, 1.165) is 6.42 Å². The number of ether oxygens (including phenoxy) is 1.